The first-order valence-electron chi connectivity index (χ1n) is 2.71. The Morgan fingerprint density at radius 3 is 2.43 bits per heavy atom. The molecule has 0 aromatic rings. The lowest BCUT2D eigenvalue weighted by Crippen LogP contribution is -2.02. The molecule has 1 fully saturated rings. The molecule has 1 saturated carbocycles. The van der Waals surface area contributed by atoms with Gasteiger partial charge in [-0.15, -0.1) is 0 Å². The Morgan fingerprint density at radius 2 is 2.29 bits per heavy atom. The number of nitrogens with two attached hydrogens (primary N) is 1. The number of aliphatic hydroxyl groups excluding tert-OH is 1. The van der Waals surface area contributed by atoms with Crippen molar-refractivity contribution in [3.63, 3.8) is 0 Å². The lowest BCUT2D eigenvalue weighted by Gasteiger charge is -1.86. The van der Waals surface area contributed by atoms with E-state index in [4.69, 9.17) is 10.8 Å². The molecular formula is C5H11NO. The first kappa shape index (κ1) is 5.06. The second-order valence-electron chi connectivity index (χ2n) is 2.17. The Bertz CT molecular complexity index is 65.1. The highest BCUT2D eigenvalue weighted by atomic mass is 16.3. The van der Waals surface area contributed by atoms with Crippen molar-refractivity contribution >= 4 is 0 Å². The van der Waals surface area contributed by atoms with Crippen LogP contribution in [0.25, 0.3) is 0 Å². The van der Waals surface area contributed by atoms with E-state index < -0.39 is 0 Å². The first-order chi connectivity index (χ1) is 3.34. The SMILES string of the molecule is N[C@H]1C[C@@H]1CCO. The molecule has 1 aliphatic rings. The third-order valence-electron chi connectivity index (χ3n) is 1.48. The van der Waals surface area contributed by atoms with Gasteiger partial charge >= 0.3 is 0 Å². The van der Waals surface area contributed by atoms with Crippen LogP contribution in [0.15, 0.2) is 0 Å². The molecule has 0 heterocycles. The zero-order valence-corrected chi connectivity index (χ0v) is 4.30. The monoisotopic (exact) mass is 101 g/mol. The van der Waals surface area contributed by atoms with Gasteiger partial charge in [0, 0.05) is 12.6 Å². The summed E-state index contributed by atoms with van der Waals surface area (Å²) in [6.45, 7) is 0.304. The van der Waals surface area contributed by atoms with Crippen LogP contribution in [0.3, 0.4) is 0 Å². The minimum absolute atomic E-state index is 0.304. The second kappa shape index (κ2) is 1.80. The maximum Gasteiger partial charge on any atom is 0.0434 e. The van der Waals surface area contributed by atoms with E-state index in [-0.39, 0.29) is 0 Å². The zero-order valence-electron chi connectivity index (χ0n) is 4.30. The van der Waals surface area contributed by atoms with Crippen molar-refractivity contribution in [2.45, 2.75) is 18.9 Å². The third kappa shape index (κ3) is 1.14. The highest BCUT2D eigenvalue weighted by molar-refractivity contribution is 4.89. The fourth-order valence-corrected chi connectivity index (χ4v) is 0.769. The van der Waals surface area contributed by atoms with Gasteiger partial charge in [0.05, 0.1) is 0 Å². The Labute approximate surface area is 43.3 Å². The topological polar surface area (TPSA) is 46.2 Å². The summed E-state index contributed by atoms with van der Waals surface area (Å²) in [6, 6.07) is 0.409. The third-order valence-corrected chi connectivity index (χ3v) is 1.48. The molecule has 7 heavy (non-hydrogen) atoms. The molecule has 0 saturated heterocycles. The van der Waals surface area contributed by atoms with Crippen LogP contribution in [0, 0.1) is 5.92 Å². The first-order valence-corrected chi connectivity index (χ1v) is 2.71. The summed E-state index contributed by atoms with van der Waals surface area (Å²) in [5, 5.41) is 8.34. The molecule has 1 rings (SSSR count). The van der Waals surface area contributed by atoms with E-state index in [1.54, 1.807) is 0 Å². The van der Waals surface area contributed by atoms with Crippen LogP contribution in [0.2, 0.25) is 0 Å². The van der Waals surface area contributed by atoms with E-state index in [2.05, 4.69) is 0 Å². The summed E-state index contributed by atoms with van der Waals surface area (Å²) in [4.78, 5) is 0. The lowest BCUT2D eigenvalue weighted by atomic mass is 10.3. The van der Waals surface area contributed by atoms with Crippen molar-refractivity contribution in [1.29, 1.82) is 0 Å². The molecule has 0 aromatic carbocycles. The van der Waals surface area contributed by atoms with Crippen LogP contribution in [-0.2, 0) is 0 Å². The Morgan fingerprint density at radius 1 is 1.71 bits per heavy atom. The smallest absolute Gasteiger partial charge is 0.0434 e. The van der Waals surface area contributed by atoms with Gasteiger partial charge in [-0.05, 0) is 18.8 Å². The standard InChI is InChI=1S/C5H11NO/c6-5-3-4(5)1-2-7/h4-5,7H,1-3,6H2/t4-,5-/m0/s1. The van der Waals surface area contributed by atoms with Gasteiger partial charge in [-0.2, -0.15) is 0 Å². The maximum atomic E-state index is 8.34. The van der Waals surface area contributed by atoms with E-state index in [9.17, 15) is 0 Å². The molecule has 3 N–H and O–H groups in total. The maximum absolute atomic E-state index is 8.34. The molecule has 0 unspecified atom stereocenters. The van der Waals surface area contributed by atoms with Gasteiger partial charge in [-0.25, -0.2) is 0 Å². The molecule has 0 radical (unpaired) electrons. The summed E-state index contributed by atoms with van der Waals surface area (Å²) >= 11 is 0. The van der Waals surface area contributed by atoms with Crippen molar-refractivity contribution in [2.24, 2.45) is 11.7 Å². The van der Waals surface area contributed by atoms with Crippen LogP contribution < -0.4 is 5.73 Å². The minimum Gasteiger partial charge on any atom is -0.396 e. The molecule has 2 nitrogen and oxygen atoms in total. The molecule has 42 valence electrons. The van der Waals surface area contributed by atoms with E-state index >= 15 is 0 Å². The minimum atomic E-state index is 0.304. The fraction of sp³-hybridized carbons (Fsp3) is 1.00. The average Bonchev–Trinajstić information content (AvgIpc) is 2.22. The summed E-state index contributed by atoms with van der Waals surface area (Å²) < 4.78 is 0. The number of rotatable bonds is 2. The Balaban J connectivity index is 1.98. The van der Waals surface area contributed by atoms with Gasteiger partial charge in [-0.1, -0.05) is 0 Å². The highest BCUT2D eigenvalue weighted by Crippen LogP contribution is 2.30. The summed E-state index contributed by atoms with van der Waals surface area (Å²) in [7, 11) is 0. The predicted octanol–water partition coefficient (Wildman–Crippen LogP) is -0.284. The number of aliphatic hydroxyl groups is 1. The quantitative estimate of drug-likeness (QED) is 0.502. The van der Waals surface area contributed by atoms with Gasteiger partial charge in [-0.3, -0.25) is 0 Å². The van der Waals surface area contributed by atoms with Crippen LogP contribution in [0.5, 0.6) is 0 Å². The molecule has 0 aromatic heterocycles. The zero-order chi connectivity index (χ0) is 5.28. The van der Waals surface area contributed by atoms with Crippen molar-refractivity contribution in [3.8, 4) is 0 Å². The van der Waals surface area contributed by atoms with Crippen LogP contribution in [0.4, 0.5) is 0 Å². The van der Waals surface area contributed by atoms with E-state index in [0.717, 1.165) is 12.8 Å². The van der Waals surface area contributed by atoms with E-state index in [1.807, 2.05) is 0 Å². The number of hydrogen-bond acceptors (Lipinski definition) is 2. The molecule has 1 aliphatic carbocycles. The molecule has 0 spiro atoms. The van der Waals surface area contributed by atoms with Gasteiger partial charge in [0.25, 0.3) is 0 Å². The van der Waals surface area contributed by atoms with Crippen LogP contribution in [-0.4, -0.2) is 17.8 Å². The second-order valence-corrected chi connectivity index (χ2v) is 2.17. The van der Waals surface area contributed by atoms with Crippen LogP contribution in [0.1, 0.15) is 12.8 Å². The summed E-state index contributed by atoms with van der Waals surface area (Å²) in [5.74, 6) is 0.644. The van der Waals surface area contributed by atoms with Gasteiger partial charge in [0.2, 0.25) is 0 Å². The number of hydrogen-bond donors (Lipinski definition) is 2. The Hall–Kier alpha value is -0.0800. The average molecular weight is 101 g/mol. The van der Waals surface area contributed by atoms with E-state index in [0.29, 0.717) is 18.6 Å². The fourth-order valence-electron chi connectivity index (χ4n) is 0.769. The summed E-state index contributed by atoms with van der Waals surface area (Å²) in [6.07, 6.45) is 2.03. The largest absolute Gasteiger partial charge is 0.396 e. The Kier molecular flexibility index (Phi) is 1.30. The lowest BCUT2D eigenvalue weighted by molar-refractivity contribution is 0.279. The van der Waals surface area contributed by atoms with Crippen molar-refractivity contribution in [3.05, 3.63) is 0 Å². The predicted molar refractivity (Wildman–Crippen MR) is 27.8 cm³/mol. The van der Waals surface area contributed by atoms with Gasteiger partial charge < -0.3 is 10.8 Å². The van der Waals surface area contributed by atoms with E-state index in [1.165, 1.54) is 0 Å². The van der Waals surface area contributed by atoms with Crippen molar-refractivity contribution in [2.75, 3.05) is 6.61 Å². The van der Waals surface area contributed by atoms with Gasteiger partial charge in [0.15, 0.2) is 0 Å². The molecule has 0 aliphatic heterocycles. The molecule has 2 heteroatoms. The van der Waals surface area contributed by atoms with Crippen LogP contribution >= 0.6 is 0 Å². The molecular weight excluding hydrogens is 90.1 g/mol. The molecule has 0 amide bonds. The highest BCUT2D eigenvalue weighted by Gasteiger charge is 2.31. The molecule has 2 atom stereocenters. The normalized spacial score (nSPS) is 38.6. The van der Waals surface area contributed by atoms with Crippen molar-refractivity contribution < 1.29 is 5.11 Å². The molecule has 0 bridgehead atoms. The van der Waals surface area contributed by atoms with Crippen molar-refractivity contribution in [1.82, 2.24) is 0 Å². The summed E-state index contributed by atoms with van der Waals surface area (Å²) in [5.41, 5.74) is 5.44. The van der Waals surface area contributed by atoms with Gasteiger partial charge in [0.1, 0.15) is 0 Å².